The summed E-state index contributed by atoms with van der Waals surface area (Å²) in [5.74, 6) is 0. The monoisotopic (exact) mass is 185 g/mol. The van der Waals surface area contributed by atoms with E-state index in [0.29, 0.717) is 23.7 Å². The van der Waals surface area contributed by atoms with E-state index in [-0.39, 0.29) is 0 Å². The molecule has 3 atom stereocenters. The average molecular weight is 185 g/mol. The summed E-state index contributed by atoms with van der Waals surface area (Å²) in [5.41, 5.74) is 0.304. The van der Waals surface area contributed by atoms with Gasteiger partial charge in [-0.3, -0.25) is 0 Å². The lowest BCUT2D eigenvalue weighted by Gasteiger charge is -2.52. The van der Waals surface area contributed by atoms with Gasteiger partial charge in [0.15, 0.2) is 0 Å². The third-order valence-corrected chi connectivity index (χ3v) is 3.50. The van der Waals surface area contributed by atoms with Crippen LogP contribution in [-0.2, 0) is 4.74 Å². The van der Waals surface area contributed by atoms with Gasteiger partial charge in [0.1, 0.15) is 0 Å². The van der Waals surface area contributed by atoms with Gasteiger partial charge in [-0.2, -0.15) is 0 Å². The van der Waals surface area contributed by atoms with Gasteiger partial charge < -0.3 is 10.1 Å². The smallest absolute Gasteiger partial charge is 0.0659 e. The minimum absolute atomic E-state index is 0.304. The molecule has 0 saturated heterocycles. The van der Waals surface area contributed by atoms with Gasteiger partial charge >= 0.3 is 0 Å². The highest BCUT2D eigenvalue weighted by atomic mass is 16.5. The molecule has 1 rings (SSSR count). The lowest BCUT2D eigenvalue weighted by Crippen LogP contribution is -2.60. The van der Waals surface area contributed by atoms with E-state index in [2.05, 4.69) is 33.0 Å². The molecule has 0 aliphatic heterocycles. The Morgan fingerprint density at radius 1 is 1.54 bits per heavy atom. The van der Waals surface area contributed by atoms with Crippen LogP contribution in [0.15, 0.2) is 0 Å². The second-order valence-electron chi connectivity index (χ2n) is 4.74. The molecule has 1 fully saturated rings. The minimum Gasteiger partial charge on any atom is -0.375 e. The minimum atomic E-state index is 0.304. The number of nitrogens with one attached hydrogen (secondary N) is 1. The fourth-order valence-corrected chi connectivity index (χ4v) is 1.98. The van der Waals surface area contributed by atoms with Crippen LogP contribution in [0.2, 0.25) is 0 Å². The predicted molar refractivity (Wildman–Crippen MR) is 55.9 cm³/mol. The molecule has 0 aromatic rings. The Labute approximate surface area is 82.0 Å². The van der Waals surface area contributed by atoms with Crippen LogP contribution in [-0.4, -0.2) is 25.3 Å². The Morgan fingerprint density at radius 2 is 2.15 bits per heavy atom. The lowest BCUT2D eigenvalue weighted by atomic mass is 9.64. The van der Waals surface area contributed by atoms with Crippen molar-refractivity contribution in [3.8, 4) is 0 Å². The van der Waals surface area contributed by atoms with E-state index >= 15 is 0 Å². The molecule has 78 valence electrons. The molecule has 0 amide bonds. The van der Waals surface area contributed by atoms with Crippen molar-refractivity contribution in [2.24, 2.45) is 5.41 Å². The number of rotatable bonds is 4. The van der Waals surface area contributed by atoms with E-state index in [4.69, 9.17) is 4.74 Å². The van der Waals surface area contributed by atoms with Gasteiger partial charge in [-0.25, -0.2) is 0 Å². The summed E-state index contributed by atoms with van der Waals surface area (Å²) in [6.07, 6.45) is 3.12. The fraction of sp³-hybridized carbons (Fsp3) is 1.00. The standard InChI is InChI=1S/C11H23NO/c1-6-8(2)13-10-7-9(12-5)11(10,3)4/h8-10,12H,6-7H2,1-5H3. The molecule has 2 heteroatoms. The van der Waals surface area contributed by atoms with Crippen molar-refractivity contribution in [2.75, 3.05) is 7.05 Å². The molecule has 0 bridgehead atoms. The summed E-state index contributed by atoms with van der Waals surface area (Å²) in [6.45, 7) is 8.89. The predicted octanol–water partition coefficient (Wildman–Crippen LogP) is 2.19. The molecule has 0 spiro atoms. The number of hydrogen-bond acceptors (Lipinski definition) is 2. The van der Waals surface area contributed by atoms with Crippen molar-refractivity contribution >= 4 is 0 Å². The molecule has 1 saturated carbocycles. The first-order valence-corrected chi connectivity index (χ1v) is 5.35. The van der Waals surface area contributed by atoms with E-state index in [9.17, 15) is 0 Å². The van der Waals surface area contributed by atoms with Crippen LogP contribution in [0.25, 0.3) is 0 Å². The van der Waals surface area contributed by atoms with Crippen LogP contribution in [0.1, 0.15) is 40.5 Å². The van der Waals surface area contributed by atoms with Crippen molar-refractivity contribution in [1.29, 1.82) is 0 Å². The first-order valence-electron chi connectivity index (χ1n) is 5.35. The van der Waals surface area contributed by atoms with Gasteiger partial charge in [0.05, 0.1) is 12.2 Å². The maximum Gasteiger partial charge on any atom is 0.0659 e. The van der Waals surface area contributed by atoms with E-state index in [1.807, 2.05) is 7.05 Å². The summed E-state index contributed by atoms with van der Waals surface area (Å²) in [6, 6.07) is 0.626. The second-order valence-corrected chi connectivity index (χ2v) is 4.74. The molecule has 0 heterocycles. The summed E-state index contributed by atoms with van der Waals surface area (Å²) in [7, 11) is 2.03. The van der Waals surface area contributed by atoms with Gasteiger partial charge in [-0.15, -0.1) is 0 Å². The Bertz CT molecular complexity index is 167. The van der Waals surface area contributed by atoms with Crippen molar-refractivity contribution in [3.63, 3.8) is 0 Å². The molecule has 0 aromatic heterocycles. The van der Waals surface area contributed by atoms with Crippen LogP contribution in [0, 0.1) is 5.41 Å². The van der Waals surface area contributed by atoms with Crippen molar-refractivity contribution in [1.82, 2.24) is 5.32 Å². The van der Waals surface area contributed by atoms with E-state index in [1.165, 1.54) is 0 Å². The number of hydrogen-bond donors (Lipinski definition) is 1. The molecule has 13 heavy (non-hydrogen) atoms. The zero-order valence-electron chi connectivity index (χ0n) is 9.55. The Balaban J connectivity index is 2.39. The lowest BCUT2D eigenvalue weighted by molar-refractivity contribution is -0.142. The summed E-state index contributed by atoms with van der Waals surface area (Å²) in [4.78, 5) is 0. The molecular formula is C11H23NO. The van der Waals surface area contributed by atoms with Gasteiger partial charge in [0.2, 0.25) is 0 Å². The van der Waals surface area contributed by atoms with Gasteiger partial charge in [0.25, 0.3) is 0 Å². The quantitative estimate of drug-likeness (QED) is 0.725. The van der Waals surface area contributed by atoms with Crippen molar-refractivity contribution in [2.45, 2.75) is 58.8 Å². The first-order chi connectivity index (χ1) is 6.02. The van der Waals surface area contributed by atoms with Crippen LogP contribution >= 0.6 is 0 Å². The largest absolute Gasteiger partial charge is 0.375 e. The Kier molecular flexibility index (Phi) is 3.36. The highest BCUT2D eigenvalue weighted by Crippen LogP contribution is 2.43. The van der Waals surface area contributed by atoms with Crippen LogP contribution in [0.3, 0.4) is 0 Å². The van der Waals surface area contributed by atoms with E-state index < -0.39 is 0 Å². The maximum absolute atomic E-state index is 5.94. The summed E-state index contributed by atoms with van der Waals surface area (Å²) in [5, 5.41) is 3.33. The second kappa shape index (κ2) is 3.97. The highest BCUT2D eigenvalue weighted by Gasteiger charge is 2.48. The molecule has 0 radical (unpaired) electrons. The normalized spacial score (nSPS) is 33.9. The molecule has 1 aliphatic rings. The fourth-order valence-electron chi connectivity index (χ4n) is 1.98. The van der Waals surface area contributed by atoms with E-state index in [1.54, 1.807) is 0 Å². The van der Waals surface area contributed by atoms with E-state index in [0.717, 1.165) is 12.8 Å². The third-order valence-electron chi connectivity index (χ3n) is 3.50. The molecule has 3 unspecified atom stereocenters. The molecular weight excluding hydrogens is 162 g/mol. The molecule has 0 aromatic carbocycles. The van der Waals surface area contributed by atoms with Crippen LogP contribution < -0.4 is 5.32 Å². The maximum atomic E-state index is 5.94. The third kappa shape index (κ3) is 2.05. The molecule has 1 N–H and O–H groups in total. The van der Waals surface area contributed by atoms with Crippen molar-refractivity contribution in [3.05, 3.63) is 0 Å². The van der Waals surface area contributed by atoms with Crippen molar-refractivity contribution < 1.29 is 4.74 Å². The van der Waals surface area contributed by atoms with Crippen LogP contribution in [0.5, 0.6) is 0 Å². The first kappa shape index (κ1) is 11.0. The highest BCUT2D eigenvalue weighted by molar-refractivity contribution is 5.02. The topological polar surface area (TPSA) is 21.3 Å². The number of ether oxygens (including phenoxy) is 1. The molecule has 1 aliphatic carbocycles. The Morgan fingerprint density at radius 3 is 2.54 bits per heavy atom. The SMILES string of the molecule is CCC(C)OC1CC(NC)C1(C)C. The Hall–Kier alpha value is -0.0800. The zero-order chi connectivity index (χ0) is 10.1. The summed E-state index contributed by atoms with van der Waals surface area (Å²) >= 11 is 0. The average Bonchev–Trinajstić information content (AvgIpc) is 2.10. The van der Waals surface area contributed by atoms with Gasteiger partial charge in [-0.05, 0) is 26.8 Å². The molecule has 2 nitrogen and oxygen atoms in total. The van der Waals surface area contributed by atoms with Crippen LogP contribution in [0.4, 0.5) is 0 Å². The summed E-state index contributed by atoms with van der Waals surface area (Å²) < 4.78 is 5.94. The van der Waals surface area contributed by atoms with Gasteiger partial charge in [0, 0.05) is 11.5 Å². The zero-order valence-corrected chi connectivity index (χ0v) is 9.55. The van der Waals surface area contributed by atoms with Gasteiger partial charge in [-0.1, -0.05) is 20.8 Å².